The number of likely N-dealkylation sites (tertiary alicyclic amines) is 1. The Morgan fingerprint density at radius 3 is 2.37 bits per heavy atom. The predicted octanol–water partition coefficient (Wildman–Crippen LogP) is 3.52. The number of halogens is 2. The second-order valence-corrected chi connectivity index (χ2v) is 8.33. The molecule has 0 spiro atoms. The average Bonchev–Trinajstić information content (AvgIpc) is 3.05. The van der Waals surface area contributed by atoms with Crippen LogP contribution in [0.4, 0.5) is 0 Å². The molecule has 4 nitrogen and oxygen atoms in total. The van der Waals surface area contributed by atoms with Crippen LogP contribution in [-0.4, -0.2) is 35.5 Å². The molecule has 3 aliphatic rings. The van der Waals surface area contributed by atoms with E-state index >= 15 is 0 Å². The van der Waals surface area contributed by atoms with Gasteiger partial charge in [0.05, 0.1) is 6.04 Å². The number of nitrogens with one attached hydrogen (secondary N) is 1. The first kappa shape index (κ1) is 22.5. The molecule has 0 aromatic heterocycles. The molecule has 152 valence electrons. The summed E-state index contributed by atoms with van der Waals surface area (Å²) in [5.41, 5.74) is 7.52. The number of amides is 1. The van der Waals surface area contributed by atoms with Gasteiger partial charge in [0.25, 0.3) is 0 Å². The van der Waals surface area contributed by atoms with Crippen LogP contribution < -0.4 is 11.1 Å². The molecule has 3 N–H and O–H groups in total. The molecule has 1 heterocycles. The van der Waals surface area contributed by atoms with Crippen LogP contribution >= 0.6 is 24.8 Å². The second-order valence-electron chi connectivity index (χ2n) is 8.33. The molecule has 2 aliphatic carbocycles. The fraction of sp³-hybridized carbons (Fsp3) is 0.667. The first-order valence-corrected chi connectivity index (χ1v) is 10.0. The van der Waals surface area contributed by atoms with Crippen LogP contribution in [0.15, 0.2) is 30.3 Å². The minimum Gasteiger partial charge on any atom is -0.351 e. The summed E-state index contributed by atoms with van der Waals surface area (Å²) in [7, 11) is 0. The van der Waals surface area contributed by atoms with Crippen LogP contribution in [-0.2, 0) is 11.3 Å². The normalized spacial score (nSPS) is 32.9. The first-order chi connectivity index (χ1) is 12.2. The van der Waals surface area contributed by atoms with Crippen molar-refractivity contribution in [2.45, 2.75) is 69.6 Å². The number of fused-ring (bicyclic) bond motifs is 2. The molecule has 27 heavy (non-hydrogen) atoms. The number of nitrogens with two attached hydrogens (primary N) is 1. The van der Waals surface area contributed by atoms with E-state index in [9.17, 15) is 4.79 Å². The van der Waals surface area contributed by atoms with Gasteiger partial charge in [-0.1, -0.05) is 36.8 Å². The van der Waals surface area contributed by atoms with Gasteiger partial charge in [0.2, 0.25) is 5.91 Å². The monoisotopic (exact) mass is 413 g/mol. The Labute approximate surface area is 175 Å². The maximum Gasteiger partial charge on any atom is 0.237 e. The Morgan fingerprint density at radius 2 is 1.70 bits per heavy atom. The van der Waals surface area contributed by atoms with E-state index in [1.165, 1.54) is 24.8 Å². The summed E-state index contributed by atoms with van der Waals surface area (Å²) < 4.78 is 0. The lowest BCUT2D eigenvalue weighted by molar-refractivity contribution is -0.128. The molecule has 6 heteroatoms. The smallest absolute Gasteiger partial charge is 0.237 e. The highest BCUT2D eigenvalue weighted by molar-refractivity contribution is 5.85. The van der Waals surface area contributed by atoms with Crippen molar-refractivity contribution in [3.63, 3.8) is 0 Å². The maximum atomic E-state index is 13.0. The van der Waals surface area contributed by atoms with Gasteiger partial charge in [-0.05, 0) is 62.5 Å². The highest BCUT2D eigenvalue weighted by Gasteiger charge is 2.41. The number of rotatable bonds is 4. The van der Waals surface area contributed by atoms with Crippen LogP contribution in [0.2, 0.25) is 0 Å². The maximum absolute atomic E-state index is 13.0. The third kappa shape index (κ3) is 5.17. The summed E-state index contributed by atoms with van der Waals surface area (Å²) in [5.74, 6) is 1.44. The SMILES string of the molecule is Cl.Cl.NC1CC2CCCC(C1)C2NC(=O)C1CCCN1Cc1ccccc1. The summed E-state index contributed by atoms with van der Waals surface area (Å²) >= 11 is 0. The molecular formula is C21H33Cl2N3O. The minimum absolute atomic E-state index is 0. The van der Waals surface area contributed by atoms with Crippen LogP contribution in [0.3, 0.4) is 0 Å². The van der Waals surface area contributed by atoms with Gasteiger partial charge in [-0.2, -0.15) is 0 Å². The van der Waals surface area contributed by atoms with Crippen molar-refractivity contribution >= 4 is 30.7 Å². The summed E-state index contributed by atoms with van der Waals surface area (Å²) in [5, 5.41) is 3.46. The zero-order valence-electron chi connectivity index (χ0n) is 15.9. The number of hydrogen-bond donors (Lipinski definition) is 2. The number of benzene rings is 1. The molecule has 2 bridgehead atoms. The molecule has 3 unspecified atom stereocenters. The van der Waals surface area contributed by atoms with Crippen molar-refractivity contribution in [3.05, 3.63) is 35.9 Å². The number of carbonyl (C=O) groups is 1. The van der Waals surface area contributed by atoms with E-state index in [-0.39, 0.29) is 36.8 Å². The van der Waals surface area contributed by atoms with Crippen LogP contribution in [0.1, 0.15) is 50.5 Å². The van der Waals surface area contributed by atoms with Crippen LogP contribution in [0.5, 0.6) is 0 Å². The number of hydrogen-bond acceptors (Lipinski definition) is 3. The fourth-order valence-electron chi connectivity index (χ4n) is 5.42. The Hall–Kier alpha value is -0.810. The van der Waals surface area contributed by atoms with Gasteiger partial charge in [-0.15, -0.1) is 24.8 Å². The topological polar surface area (TPSA) is 58.4 Å². The van der Waals surface area contributed by atoms with Crippen molar-refractivity contribution in [1.29, 1.82) is 0 Å². The summed E-state index contributed by atoms with van der Waals surface area (Å²) in [6.45, 7) is 1.90. The third-order valence-electron chi connectivity index (χ3n) is 6.58. The molecule has 1 aromatic rings. The lowest BCUT2D eigenvalue weighted by Crippen LogP contribution is -2.56. The number of carbonyl (C=O) groups excluding carboxylic acids is 1. The molecule has 1 aromatic carbocycles. The predicted molar refractivity (Wildman–Crippen MR) is 114 cm³/mol. The highest BCUT2D eigenvalue weighted by atomic mass is 35.5. The standard InChI is InChI=1S/C21H31N3O.2ClH/c22-18-12-16-8-4-9-17(13-18)20(16)23-21(25)19-10-5-11-24(19)14-15-6-2-1-3-7-15;;/h1-3,6-7,16-20H,4-5,8-14,22H2,(H,23,25);2*1H. The zero-order chi connectivity index (χ0) is 17.2. The van der Waals surface area contributed by atoms with Gasteiger partial charge in [-0.25, -0.2) is 0 Å². The van der Waals surface area contributed by atoms with Crippen LogP contribution in [0.25, 0.3) is 0 Å². The van der Waals surface area contributed by atoms with E-state index in [2.05, 4.69) is 34.5 Å². The van der Waals surface area contributed by atoms with E-state index in [0.717, 1.165) is 38.8 Å². The average molecular weight is 414 g/mol. The molecular weight excluding hydrogens is 381 g/mol. The molecule has 3 atom stereocenters. The van der Waals surface area contributed by atoms with Crippen LogP contribution in [0, 0.1) is 11.8 Å². The Bertz CT molecular complexity index is 586. The molecule has 4 rings (SSSR count). The van der Waals surface area contributed by atoms with Crippen molar-refractivity contribution in [3.8, 4) is 0 Å². The number of nitrogens with zero attached hydrogens (tertiary/aromatic N) is 1. The van der Waals surface area contributed by atoms with Crippen molar-refractivity contribution in [1.82, 2.24) is 10.2 Å². The molecule has 1 amide bonds. The lowest BCUT2D eigenvalue weighted by Gasteiger charge is -2.45. The summed E-state index contributed by atoms with van der Waals surface area (Å²) in [6, 6.07) is 11.2. The second kappa shape index (κ2) is 10.1. The van der Waals surface area contributed by atoms with E-state index in [1.807, 2.05) is 6.07 Å². The first-order valence-electron chi connectivity index (χ1n) is 10.0. The van der Waals surface area contributed by atoms with E-state index < -0.39 is 0 Å². The van der Waals surface area contributed by atoms with Crippen molar-refractivity contribution in [2.75, 3.05) is 6.54 Å². The van der Waals surface area contributed by atoms with E-state index in [4.69, 9.17) is 5.73 Å². The summed E-state index contributed by atoms with van der Waals surface area (Å²) in [4.78, 5) is 15.4. The van der Waals surface area contributed by atoms with Gasteiger partial charge in [-0.3, -0.25) is 9.69 Å². The van der Waals surface area contributed by atoms with Gasteiger partial charge in [0, 0.05) is 18.6 Å². The molecule has 1 aliphatic heterocycles. The van der Waals surface area contributed by atoms with E-state index in [1.54, 1.807) is 0 Å². The largest absolute Gasteiger partial charge is 0.351 e. The summed E-state index contributed by atoms with van der Waals surface area (Å²) in [6.07, 6.45) is 8.03. The zero-order valence-corrected chi connectivity index (χ0v) is 17.5. The van der Waals surface area contributed by atoms with Gasteiger partial charge >= 0.3 is 0 Å². The van der Waals surface area contributed by atoms with Crippen molar-refractivity contribution < 1.29 is 4.79 Å². The molecule has 2 saturated carbocycles. The Balaban J connectivity index is 0.00000131. The van der Waals surface area contributed by atoms with Gasteiger partial charge in [0.1, 0.15) is 0 Å². The lowest BCUT2D eigenvalue weighted by atomic mass is 9.67. The van der Waals surface area contributed by atoms with Gasteiger partial charge in [0.15, 0.2) is 0 Å². The fourth-order valence-corrected chi connectivity index (χ4v) is 5.42. The van der Waals surface area contributed by atoms with E-state index in [0.29, 0.717) is 23.9 Å². The van der Waals surface area contributed by atoms with Gasteiger partial charge < -0.3 is 11.1 Å². The van der Waals surface area contributed by atoms with Crippen molar-refractivity contribution in [2.24, 2.45) is 17.6 Å². The molecule has 3 fully saturated rings. The Morgan fingerprint density at radius 1 is 1.04 bits per heavy atom. The Kier molecular flexibility index (Phi) is 8.41. The minimum atomic E-state index is 0. The molecule has 1 saturated heterocycles. The third-order valence-corrected chi connectivity index (χ3v) is 6.58. The quantitative estimate of drug-likeness (QED) is 0.793. The highest BCUT2D eigenvalue weighted by Crippen LogP contribution is 2.39. The molecule has 0 radical (unpaired) electrons.